The van der Waals surface area contributed by atoms with Gasteiger partial charge in [0.2, 0.25) is 5.91 Å². The monoisotopic (exact) mass is 271 g/mol. The molecule has 1 saturated heterocycles. The average molecular weight is 271 g/mol. The summed E-state index contributed by atoms with van der Waals surface area (Å²) in [6.45, 7) is 9.31. The summed E-state index contributed by atoms with van der Waals surface area (Å²) in [5.41, 5.74) is -0.307. The predicted molar refractivity (Wildman–Crippen MR) is 71.6 cm³/mol. The van der Waals surface area contributed by atoms with Crippen molar-refractivity contribution in [2.45, 2.75) is 46.1 Å². The molecule has 0 atom stereocenters. The van der Waals surface area contributed by atoms with Gasteiger partial charge in [-0.15, -0.1) is 0 Å². The molecule has 19 heavy (non-hydrogen) atoms. The fourth-order valence-corrected chi connectivity index (χ4v) is 1.99. The lowest BCUT2D eigenvalue weighted by Crippen LogP contribution is -2.43. The van der Waals surface area contributed by atoms with Gasteiger partial charge in [-0.3, -0.25) is 9.59 Å². The summed E-state index contributed by atoms with van der Waals surface area (Å²) in [6.07, 6.45) is 1.36. The molecule has 0 aromatic rings. The van der Waals surface area contributed by atoms with E-state index in [1.54, 1.807) is 11.8 Å². The summed E-state index contributed by atoms with van der Waals surface area (Å²) in [7, 11) is 0. The van der Waals surface area contributed by atoms with Gasteiger partial charge in [0.15, 0.2) is 0 Å². The molecule has 0 N–H and O–H groups in total. The third-order valence-corrected chi connectivity index (χ3v) is 3.10. The number of ether oxygens (including phenoxy) is 2. The van der Waals surface area contributed by atoms with Gasteiger partial charge in [0.1, 0.15) is 6.61 Å². The Balaban J connectivity index is 2.33. The molecule has 110 valence electrons. The molecule has 0 spiro atoms. The molecular weight excluding hydrogens is 246 g/mol. The number of likely N-dealkylation sites (tertiary alicyclic amines) is 1. The maximum atomic E-state index is 11.9. The zero-order chi connectivity index (χ0) is 14.5. The van der Waals surface area contributed by atoms with Crippen molar-refractivity contribution in [2.75, 3.05) is 26.3 Å². The number of nitrogens with zero attached hydrogens (tertiary/aromatic N) is 1. The van der Waals surface area contributed by atoms with Crippen LogP contribution in [0, 0.1) is 5.92 Å². The smallest absolute Gasteiger partial charge is 0.309 e. The first kappa shape index (κ1) is 16.0. The fourth-order valence-electron chi connectivity index (χ4n) is 1.99. The summed E-state index contributed by atoms with van der Waals surface area (Å²) < 4.78 is 10.5. The highest BCUT2D eigenvalue weighted by Gasteiger charge is 2.28. The zero-order valence-electron chi connectivity index (χ0n) is 12.4. The van der Waals surface area contributed by atoms with Crippen molar-refractivity contribution in [3.63, 3.8) is 0 Å². The van der Waals surface area contributed by atoms with Crippen molar-refractivity contribution in [1.82, 2.24) is 4.90 Å². The molecule has 0 saturated carbocycles. The molecule has 1 fully saturated rings. The Kier molecular flexibility index (Phi) is 5.79. The zero-order valence-corrected chi connectivity index (χ0v) is 12.4. The Morgan fingerprint density at radius 1 is 1.21 bits per heavy atom. The van der Waals surface area contributed by atoms with Gasteiger partial charge in [0.25, 0.3) is 0 Å². The van der Waals surface area contributed by atoms with Crippen LogP contribution in [0.2, 0.25) is 0 Å². The summed E-state index contributed by atoms with van der Waals surface area (Å²) in [5.74, 6) is -0.203. The maximum absolute atomic E-state index is 11.9. The van der Waals surface area contributed by atoms with Crippen LogP contribution in [0.3, 0.4) is 0 Å². The molecule has 1 aliphatic rings. The molecule has 1 rings (SSSR count). The lowest BCUT2D eigenvalue weighted by molar-refractivity contribution is -0.152. The highest BCUT2D eigenvalue weighted by atomic mass is 16.5. The van der Waals surface area contributed by atoms with Crippen LogP contribution in [0.15, 0.2) is 0 Å². The number of carbonyl (C=O) groups excluding carboxylic acids is 2. The summed E-state index contributed by atoms with van der Waals surface area (Å²) in [5, 5.41) is 0. The second-order valence-corrected chi connectivity index (χ2v) is 5.81. The lowest BCUT2D eigenvalue weighted by Gasteiger charge is -2.31. The van der Waals surface area contributed by atoms with Crippen molar-refractivity contribution in [2.24, 2.45) is 5.92 Å². The SMILES string of the molecule is CCOC(=O)C1CCN(C(=O)COC(C)(C)C)CC1. The van der Waals surface area contributed by atoms with E-state index in [-0.39, 0.29) is 30.0 Å². The van der Waals surface area contributed by atoms with Crippen molar-refractivity contribution in [3.05, 3.63) is 0 Å². The van der Waals surface area contributed by atoms with Gasteiger partial charge in [0.05, 0.1) is 18.1 Å². The number of rotatable bonds is 4. The Hall–Kier alpha value is -1.10. The van der Waals surface area contributed by atoms with Gasteiger partial charge in [-0.1, -0.05) is 0 Å². The Labute approximate surface area is 115 Å². The second kappa shape index (κ2) is 6.89. The van der Waals surface area contributed by atoms with Crippen LogP contribution in [-0.4, -0.2) is 48.7 Å². The largest absolute Gasteiger partial charge is 0.466 e. The number of carbonyl (C=O) groups is 2. The molecule has 1 heterocycles. The van der Waals surface area contributed by atoms with Crippen molar-refractivity contribution < 1.29 is 19.1 Å². The highest BCUT2D eigenvalue weighted by Crippen LogP contribution is 2.19. The standard InChI is InChI=1S/C14H25NO4/c1-5-18-13(17)11-6-8-15(9-7-11)12(16)10-19-14(2,3)4/h11H,5-10H2,1-4H3. The van der Waals surface area contributed by atoms with E-state index in [0.29, 0.717) is 32.5 Å². The predicted octanol–water partition coefficient (Wildman–Crippen LogP) is 1.60. The minimum Gasteiger partial charge on any atom is -0.466 e. The van der Waals surface area contributed by atoms with Crippen LogP contribution >= 0.6 is 0 Å². The minimum absolute atomic E-state index is 0.00256. The molecule has 0 unspecified atom stereocenters. The number of esters is 1. The molecule has 0 aromatic heterocycles. The molecule has 1 amide bonds. The first-order chi connectivity index (χ1) is 8.83. The summed E-state index contributed by atoms with van der Waals surface area (Å²) in [6, 6.07) is 0. The summed E-state index contributed by atoms with van der Waals surface area (Å²) >= 11 is 0. The highest BCUT2D eigenvalue weighted by molar-refractivity contribution is 5.78. The van der Waals surface area contributed by atoms with E-state index in [1.807, 2.05) is 20.8 Å². The number of piperidine rings is 1. The van der Waals surface area contributed by atoms with Gasteiger partial charge in [-0.2, -0.15) is 0 Å². The van der Waals surface area contributed by atoms with E-state index in [0.717, 1.165) is 0 Å². The molecule has 0 radical (unpaired) electrons. The van der Waals surface area contributed by atoms with E-state index in [1.165, 1.54) is 0 Å². The first-order valence-electron chi connectivity index (χ1n) is 6.92. The van der Waals surface area contributed by atoms with Crippen LogP contribution in [0.1, 0.15) is 40.5 Å². The molecule has 0 aromatic carbocycles. The quantitative estimate of drug-likeness (QED) is 0.729. The van der Waals surface area contributed by atoms with E-state index >= 15 is 0 Å². The van der Waals surface area contributed by atoms with E-state index in [4.69, 9.17) is 9.47 Å². The normalized spacial score (nSPS) is 17.4. The Morgan fingerprint density at radius 2 is 1.79 bits per heavy atom. The van der Waals surface area contributed by atoms with Crippen LogP contribution in [0.25, 0.3) is 0 Å². The minimum atomic E-state index is -0.307. The van der Waals surface area contributed by atoms with Gasteiger partial charge in [-0.25, -0.2) is 0 Å². The topological polar surface area (TPSA) is 55.8 Å². The number of amides is 1. The van der Waals surface area contributed by atoms with Crippen LogP contribution < -0.4 is 0 Å². The average Bonchev–Trinajstić information content (AvgIpc) is 2.35. The lowest BCUT2D eigenvalue weighted by atomic mass is 9.97. The van der Waals surface area contributed by atoms with Crippen LogP contribution in [0.5, 0.6) is 0 Å². The van der Waals surface area contributed by atoms with E-state index < -0.39 is 0 Å². The molecule has 0 aliphatic carbocycles. The molecular formula is C14H25NO4. The van der Waals surface area contributed by atoms with Gasteiger partial charge in [-0.05, 0) is 40.5 Å². The maximum Gasteiger partial charge on any atom is 0.309 e. The van der Waals surface area contributed by atoms with Gasteiger partial charge < -0.3 is 14.4 Å². The fraction of sp³-hybridized carbons (Fsp3) is 0.857. The van der Waals surface area contributed by atoms with Crippen LogP contribution in [-0.2, 0) is 19.1 Å². The van der Waals surface area contributed by atoms with Crippen molar-refractivity contribution in [3.8, 4) is 0 Å². The second-order valence-electron chi connectivity index (χ2n) is 5.81. The molecule has 1 aliphatic heterocycles. The van der Waals surface area contributed by atoms with E-state index in [9.17, 15) is 9.59 Å². The molecule has 5 nitrogen and oxygen atoms in total. The molecule has 0 bridgehead atoms. The van der Waals surface area contributed by atoms with Gasteiger partial charge >= 0.3 is 5.97 Å². The third kappa shape index (κ3) is 5.59. The summed E-state index contributed by atoms with van der Waals surface area (Å²) in [4.78, 5) is 25.3. The number of hydrogen-bond acceptors (Lipinski definition) is 4. The third-order valence-electron chi connectivity index (χ3n) is 3.10. The Bertz CT molecular complexity index is 314. The van der Waals surface area contributed by atoms with Crippen LogP contribution in [0.4, 0.5) is 0 Å². The first-order valence-corrected chi connectivity index (χ1v) is 6.92. The van der Waals surface area contributed by atoms with E-state index in [2.05, 4.69) is 0 Å². The number of hydrogen-bond donors (Lipinski definition) is 0. The van der Waals surface area contributed by atoms with Gasteiger partial charge in [0, 0.05) is 13.1 Å². The Morgan fingerprint density at radius 3 is 2.26 bits per heavy atom. The van der Waals surface area contributed by atoms with Crippen molar-refractivity contribution in [1.29, 1.82) is 0 Å². The molecule has 5 heteroatoms. The van der Waals surface area contributed by atoms with Crippen molar-refractivity contribution >= 4 is 11.9 Å².